The number of fused-ring (bicyclic) bond motifs is 1. The maximum atomic E-state index is 12.3. The van der Waals surface area contributed by atoms with Crippen LogP contribution in [-0.2, 0) is 4.79 Å². The number of nitrogens with one attached hydrogen (secondary N) is 1. The lowest BCUT2D eigenvalue weighted by Gasteiger charge is -2.18. The summed E-state index contributed by atoms with van der Waals surface area (Å²) in [6, 6.07) is 11.1. The Hall–Kier alpha value is -3.52. The first-order valence-electron chi connectivity index (χ1n) is 9.23. The summed E-state index contributed by atoms with van der Waals surface area (Å²) in [5.41, 5.74) is 2.39. The van der Waals surface area contributed by atoms with Gasteiger partial charge in [-0.1, -0.05) is 0 Å². The van der Waals surface area contributed by atoms with Crippen molar-refractivity contribution in [3.63, 3.8) is 0 Å². The van der Waals surface area contributed by atoms with Crippen LogP contribution in [0.3, 0.4) is 0 Å². The average Bonchev–Trinajstić information content (AvgIpc) is 3.25. The maximum absolute atomic E-state index is 12.3. The van der Waals surface area contributed by atoms with Crippen molar-refractivity contribution in [1.82, 2.24) is 4.98 Å². The van der Waals surface area contributed by atoms with E-state index in [9.17, 15) is 4.79 Å². The number of hydrogen-bond acceptors (Lipinski definition) is 7. The second-order valence-corrected chi connectivity index (χ2v) is 7.18. The van der Waals surface area contributed by atoms with E-state index >= 15 is 0 Å². The van der Waals surface area contributed by atoms with E-state index in [2.05, 4.69) is 10.3 Å². The quantitative estimate of drug-likeness (QED) is 0.596. The molecule has 2 aromatic carbocycles. The van der Waals surface area contributed by atoms with Gasteiger partial charge in [0.05, 0.1) is 19.9 Å². The average molecular weight is 424 g/mol. The van der Waals surface area contributed by atoms with Crippen molar-refractivity contribution < 1.29 is 23.7 Å². The largest absolute Gasteiger partial charge is 0.497 e. The molecule has 1 aromatic heterocycles. The van der Waals surface area contributed by atoms with E-state index in [-0.39, 0.29) is 5.91 Å². The van der Waals surface area contributed by atoms with Crippen LogP contribution in [0.25, 0.3) is 17.3 Å². The van der Waals surface area contributed by atoms with Crippen molar-refractivity contribution in [2.24, 2.45) is 0 Å². The molecule has 8 heteroatoms. The molecule has 1 N–H and O–H groups in total. The Bertz CT molecular complexity index is 1090. The van der Waals surface area contributed by atoms with Gasteiger partial charge in [-0.3, -0.25) is 10.1 Å². The number of hydrogen-bond donors (Lipinski definition) is 1. The van der Waals surface area contributed by atoms with Crippen LogP contribution < -0.4 is 24.3 Å². The standard InChI is InChI=1S/C22H20N2O5S/c1-26-16-5-7-18(27-2)15(11-16)4-8-21(25)24-22-23-17(13-30-22)14-3-6-19-20(12-14)29-10-9-28-19/h3-8,11-13H,9-10H2,1-2H3,(H,23,24,25)/b8-4+. The molecule has 30 heavy (non-hydrogen) atoms. The van der Waals surface area contributed by atoms with E-state index in [0.29, 0.717) is 35.6 Å². The lowest BCUT2D eigenvalue weighted by Crippen LogP contribution is -2.15. The number of thiazole rings is 1. The number of carbonyl (C=O) groups is 1. The smallest absolute Gasteiger partial charge is 0.250 e. The van der Waals surface area contributed by atoms with Gasteiger partial charge in [0.15, 0.2) is 16.6 Å². The second kappa shape index (κ2) is 8.87. The number of rotatable bonds is 6. The normalized spacial score (nSPS) is 12.6. The molecule has 1 amide bonds. The Labute approximate surface area is 177 Å². The molecular formula is C22H20N2O5S. The third-order valence-electron chi connectivity index (χ3n) is 4.42. The molecule has 3 aromatic rings. The van der Waals surface area contributed by atoms with Crippen molar-refractivity contribution in [2.75, 3.05) is 32.8 Å². The lowest BCUT2D eigenvalue weighted by atomic mass is 10.1. The lowest BCUT2D eigenvalue weighted by molar-refractivity contribution is -0.111. The van der Waals surface area contributed by atoms with Crippen LogP contribution in [0.1, 0.15) is 5.56 Å². The summed E-state index contributed by atoms with van der Waals surface area (Å²) in [5.74, 6) is 2.47. The molecular weight excluding hydrogens is 404 g/mol. The molecule has 0 atom stereocenters. The summed E-state index contributed by atoms with van der Waals surface area (Å²) in [7, 11) is 3.16. The summed E-state index contributed by atoms with van der Waals surface area (Å²) < 4.78 is 21.7. The fraction of sp³-hybridized carbons (Fsp3) is 0.182. The zero-order chi connectivity index (χ0) is 20.9. The van der Waals surface area contributed by atoms with E-state index in [1.807, 2.05) is 23.6 Å². The van der Waals surface area contributed by atoms with Crippen molar-refractivity contribution in [1.29, 1.82) is 0 Å². The minimum atomic E-state index is -0.289. The van der Waals surface area contributed by atoms with Gasteiger partial charge < -0.3 is 18.9 Å². The van der Waals surface area contributed by atoms with Gasteiger partial charge in [0.2, 0.25) is 5.91 Å². The summed E-state index contributed by atoms with van der Waals surface area (Å²) in [5, 5.41) is 5.18. The first kappa shape index (κ1) is 19.8. The van der Waals surface area contributed by atoms with Gasteiger partial charge in [0.1, 0.15) is 24.7 Å². The molecule has 0 saturated heterocycles. The van der Waals surface area contributed by atoms with Crippen molar-refractivity contribution >= 4 is 28.5 Å². The molecule has 4 rings (SSSR count). The minimum absolute atomic E-state index is 0.289. The predicted octanol–water partition coefficient (Wildman–Crippen LogP) is 4.25. The van der Waals surface area contributed by atoms with Crippen LogP contribution >= 0.6 is 11.3 Å². The number of benzene rings is 2. The monoisotopic (exact) mass is 424 g/mol. The molecule has 1 aliphatic rings. The van der Waals surface area contributed by atoms with Crippen molar-refractivity contribution in [3.8, 4) is 34.3 Å². The predicted molar refractivity (Wildman–Crippen MR) is 116 cm³/mol. The van der Waals surface area contributed by atoms with Crippen LogP contribution in [0.15, 0.2) is 47.9 Å². The fourth-order valence-corrected chi connectivity index (χ4v) is 3.67. The van der Waals surface area contributed by atoms with Gasteiger partial charge in [0.25, 0.3) is 0 Å². The number of aromatic nitrogens is 1. The zero-order valence-electron chi connectivity index (χ0n) is 16.5. The topological polar surface area (TPSA) is 78.9 Å². The number of methoxy groups -OCH3 is 2. The third kappa shape index (κ3) is 4.38. The molecule has 2 heterocycles. The Morgan fingerprint density at radius 2 is 1.93 bits per heavy atom. The number of amides is 1. The molecule has 0 aliphatic carbocycles. The van der Waals surface area contributed by atoms with Crippen molar-refractivity contribution in [3.05, 3.63) is 53.4 Å². The van der Waals surface area contributed by atoms with Crippen LogP contribution in [0.2, 0.25) is 0 Å². The highest BCUT2D eigenvalue weighted by Crippen LogP contribution is 2.35. The van der Waals surface area contributed by atoms with Crippen LogP contribution in [0.4, 0.5) is 5.13 Å². The fourth-order valence-electron chi connectivity index (χ4n) is 2.95. The molecule has 7 nitrogen and oxygen atoms in total. The molecule has 0 spiro atoms. The van der Waals surface area contributed by atoms with E-state index in [0.717, 1.165) is 22.6 Å². The highest BCUT2D eigenvalue weighted by atomic mass is 32.1. The Balaban J connectivity index is 1.45. The number of anilines is 1. The molecule has 0 bridgehead atoms. The van der Waals surface area contributed by atoms with E-state index < -0.39 is 0 Å². The van der Waals surface area contributed by atoms with E-state index in [1.54, 1.807) is 38.5 Å². The summed E-state index contributed by atoms with van der Waals surface area (Å²) in [4.78, 5) is 16.8. The number of carbonyl (C=O) groups excluding carboxylic acids is 1. The first-order valence-corrected chi connectivity index (χ1v) is 10.1. The van der Waals surface area contributed by atoms with Gasteiger partial charge in [-0.05, 0) is 42.5 Å². The maximum Gasteiger partial charge on any atom is 0.250 e. The highest BCUT2D eigenvalue weighted by Gasteiger charge is 2.14. The Morgan fingerprint density at radius 3 is 2.73 bits per heavy atom. The third-order valence-corrected chi connectivity index (χ3v) is 5.18. The molecule has 1 aliphatic heterocycles. The van der Waals surface area contributed by atoms with Crippen LogP contribution in [-0.4, -0.2) is 38.3 Å². The molecule has 0 radical (unpaired) electrons. The first-order chi connectivity index (χ1) is 14.7. The van der Waals surface area contributed by atoms with Gasteiger partial charge in [-0.15, -0.1) is 11.3 Å². The molecule has 154 valence electrons. The second-order valence-electron chi connectivity index (χ2n) is 6.33. The van der Waals surface area contributed by atoms with E-state index in [1.165, 1.54) is 17.4 Å². The van der Waals surface area contributed by atoms with Gasteiger partial charge in [0, 0.05) is 22.6 Å². The Kier molecular flexibility index (Phi) is 5.85. The number of ether oxygens (including phenoxy) is 4. The summed E-state index contributed by atoms with van der Waals surface area (Å²) in [6.45, 7) is 1.08. The summed E-state index contributed by atoms with van der Waals surface area (Å²) >= 11 is 1.35. The SMILES string of the molecule is COc1ccc(OC)c(/C=C/C(=O)Nc2nc(-c3ccc4c(c3)OCCO4)cs2)c1. The highest BCUT2D eigenvalue weighted by molar-refractivity contribution is 7.14. The molecule has 0 fully saturated rings. The van der Waals surface area contributed by atoms with Crippen LogP contribution in [0.5, 0.6) is 23.0 Å². The van der Waals surface area contributed by atoms with Gasteiger partial charge >= 0.3 is 0 Å². The molecule has 0 saturated carbocycles. The molecule has 0 unspecified atom stereocenters. The van der Waals surface area contributed by atoms with Crippen LogP contribution in [0, 0.1) is 0 Å². The van der Waals surface area contributed by atoms with Gasteiger partial charge in [-0.2, -0.15) is 0 Å². The van der Waals surface area contributed by atoms with Gasteiger partial charge in [-0.25, -0.2) is 4.98 Å². The summed E-state index contributed by atoms with van der Waals surface area (Å²) in [6.07, 6.45) is 3.11. The van der Waals surface area contributed by atoms with E-state index in [4.69, 9.17) is 18.9 Å². The zero-order valence-corrected chi connectivity index (χ0v) is 17.3. The van der Waals surface area contributed by atoms with Crippen molar-refractivity contribution in [2.45, 2.75) is 0 Å². The number of nitrogens with zero attached hydrogens (tertiary/aromatic N) is 1. The Morgan fingerprint density at radius 1 is 1.10 bits per heavy atom. The minimum Gasteiger partial charge on any atom is -0.497 e.